The van der Waals surface area contributed by atoms with Gasteiger partial charge in [-0.15, -0.1) is 81.1 Å². The zero-order valence-corrected chi connectivity index (χ0v) is 58.3. The van der Waals surface area contributed by atoms with Crippen LogP contribution in [0.5, 0.6) is 0 Å². The molecule has 39 heteroatoms. The molecular formula is C59H64N18O14S7. The van der Waals surface area contributed by atoms with Gasteiger partial charge in [0.05, 0.1) is 69.4 Å². The number of aliphatic carboxylic acids is 1. The molecule has 7 aliphatic rings. The molecule has 0 spiro atoms. The molecule has 11 amide bonds. The molecule has 16 bridgehead atoms. The number of nitrogens with two attached hydrogens (primary N) is 1. The number of thiazole rings is 3. The summed E-state index contributed by atoms with van der Waals surface area (Å²) in [4.78, 5) is 200. The van der Waals surface area contributed by atoms with Gasteiger partial charge in [0.15, 0.2) is 4.87 Å². The largest absolute Gasteiger partial charge is 0.480 e. The number of allylic oxidation sites excluding steroid dienone is 2. The van der Waals surface area contributed by atoms with E-state index in [4.69, 9.17) is 20.7 Å². The lowest BCUT2D eigenvalue weighted by molar-refractivity contribution is -0.141. The zero-order chi connectivity index (χ0) is 70.4. The van der Waals surface area contributed by atoms with Gasteiger partial charge in [-0.1, -0.05) is 18.7 Å². The summed E-state index contributed by atoms with van der Waals surface area (Å²) < 4.78 is 0. The number of nitrogens with zero attached hydrogens (tertiary/aromatic N) is 8. The van der Waals surface area contributed by atoms with E-state index < -0.39 is 159 Å². The predicted molar refractivity (Wildman–Crippen MR) is 370 cm³/mol. The van der Waals surface area contributed by atoms with Gasteiger partial charge >= 0.3 is 5.97 Å². The molecule has 0 aromatic carbocycles. The number of rotatable bonds is 4. The van der Waals surface area contributed by atoms with E-state index in [0.717, 1.165) is 37.4 Å². The van der Waals surface area contributed by atoms with Crippen molar-refractivity contribution in [2.45, 2.75) is 118 Å². The van der Waals surface area contributed by atoms with Crippen molar-refractivity contribution in [3.05, 3.63) is 86.1 Å². The maximum absolute atomic E-state index is 14.8. The van der Waals surface area contributed by atoms with Gasteiger partial charge in [-0.05, 0) is 59.6 Å². The van der Waals surface area contributed by atoms with Crippen LogP contribution in [0, 0.1) is 0 Å². The number of aliphatic hydroxyl groups is 1. The van der Waals surface area contributed by atoms with Crippen molar-refractivity contribution in [2.24, 2.45) is 20.7 Å². The first-order valence-corrected chi connectivity index (χ1v) is 36.6. The Morgan fingerprint density at radius 1 is 0.816 bits per heavy atom. The molecular weight excluding hydrogens is 1410 g/mol. The topological polar surface area (TPSA) is 471 Å². The van der Waals surface area contributed by atoms with Crippen LogP contribution in [-0.4, -0.2) is 205 Å². The molecule has 4 aromatic heterocycles. The Balaban J connectivity index is 1.04. The van der Waals surface area contributed by atoms with Crippen LogP contribution < -0.4 is 53.6 Å². The third-order valence-corrected chi connectivity index (χ3v) is 23.4. The van der Waals surface area contributed by atoms with E-state index in [1.165, 1.54) is 95.0 Å². The van der Waals surface area contributed by atoms with Gasteiger partial charge in [0.25, 0.3) is 23.6 Å². The van der Waals surface area contributed by atoms with E-state index in [2.05, 4.69) is 74.4 Å². The standard InChI is InChI=1S/C59H64N18O14S7/c1-7-27-46(84)76-59(6)58(91)75-42(25(5)78)49(87)61-17-40(80)66-28(8-2)56(88)77-13-9-10-36(77)47(85)64-23(3)41-26(43(81)69-30(14-39(60)79)53-71-32(18-93-53)45(83)68-27)11-12-29(67-41)51-63-16-38(98-51)55-72-31(19-95-55)44(82)65-24(4)50-73-34(21-92-50)54-74-33(20-94-54)52-62-15-37(97-52)48(86)70-35(22-96-59)57(89)90/h7-8,11-12,15-16,20-21,23,25,30-32,35-37,42,52,78H,4,9-10,13-14,17-19,22H2,1-3,5-6H3,(H2,60,79)(H,61,87)(H,64,85)(H,65,82)(H,66,80)(H,68,83)(H,69,81)(H,70,86)(H,75,91)(H,76,84)(H,89,90)/b27-7+,28-8?. The number of amides is 11. The summed E-state index contributed by atoms with van der Waals surface area (Å²) in [6.45, 7) is 9.91. The second-order valence-electron chi connectivity index (χ2n) is 22.6. The van der Waals surface area contributed by atoms with E-state index in [1.807, 2.05) is 0 Å². The van der Waals surface area contributed by atoms with Gasteiger partial charge < -0.3 is 68.7 Å². The lowest BCUT2D eigenvalue weighted by atomic mass is 10.0. The molecule has 516 valence electrons. The van der Waals surface area contributed by atoms with Gasteiger partial charge in [-0.25, -0.2) is 24.7 Å². The quantitative estimate of drug-likeness (QED) is 0.123. The van der Waals surface area contributed by atoms with Crippen LogP contribution in [0.2, 0.25) is 0 Å². The van der Waals surface area contributed by atoms with Crippen molar-refractivity contribution >= 4 is 174 Å². The lowest BCUT2D eigenvalue weighted by Gasteiger charge is -2.32. The van der Waals surface area contributed by atoms with Crippen LogP contribution in [0.4, 0.5) is 0 Å². The minimum atomic E-state index is -2.35. The van der Waals surface area contributed by atoms with Gasteiger partial charge in [0.1, 0.15) is 78.0 Å². The molecule has 0 radical (unpaired) electrons. The number of primary amides is 1. The predicted octanol–water partition coefficient (Wildman–Crippen LogP) is 0.459. The Bertz CT molecular complexity index is 4130. The van der Waals surface area contributed by atoms with E-state index in [1.54, 1.807) is 23.9 Å². The van der Waals surface area contributed by atoms with E-state index in [-0.39, 0.29) is 57.9 Å². The third kappa shape index (κ3) is 16.5. The molecule has 11 heterocycles. The molecule has 11 rings (SSSR count). The smallest absolute Gasteiger partial charge is 0.327 e. The summed E-state index contributed by atoms with van der Waals surface area (Å²) in [5, 5.41) is 48.1. The number of hydrogen-bond acceptors (Lipinski definition) is 27. The molecule has 7 aliphatic heterocycles. The minimum absolute atomic E-state index is 0.00196. The van der Waals surface area contributed by atoms with E-state index >= 15 is 0 Å². The minimum Gasteiger partial charge on any atom is -0.480 e. The molecule has 13 N–H and O–H groups in total. The highest BCUT2D eigenvalue weighted by Crippen LogP contribution is 2.40. The summed E-state index contributed by atoms with van der Waals surface area (Å²) >= 11 is 7.46. The Morgan fingerprint density at radius 3 is 2.29 bits per heavy atom. The van der Waals surface area contributed by atoms with Gasteiger partial charge in [0, 0.05) is 47.0 Å². The maximum Gasteiger partial charge on any atom is 0.327 e. The number of hydrogen-bond donors (Lipinski definition) is 12. The number of aliphatic hydroxyl groups excluding tert-OH is 1. The highest BCUT2D eigenvalue weighted by molar-refractivity contribution is 8.15. The molecule has 11 unspecified atom stereocenters. The number of carbonyl (C=O) groups is 12. The fourth-order valence-corrected chi connectivity index (χ4v) is 17.3. The van der Waals surface area contributed by atoms with E-state index in [9.17, 15) is 67.7 Å². The Hall–Kier alpha value is -8.73. The normalized spacial score (nSPS) is 27.8. The fourth-order valence-electron chi connectivity index (χ4n) is 10.4. The zero-order valence-electron chi connectivity index (χ0n) is 52.6. The highest BCUT2D eigenvalue weighted by atomic mass is 32.2. The van der Waals surface area contributed by atoms with Crippen LogP contribution >= 0.6 is 81.1 Å². The molecule has 1 fully saturated rings. The molecule has 0 saturated carbocycles. The Labute approximate surface area is 586 Å². The van der Waals surface area contributed by atoms with Crippen LogP contribution in [-0.2, 0) is 52.7 Å². The average molecular weight is 1470 g/mol. The summed E-state index contributed by atoms with van der Waals surface area (Å²) in [6, 6.07) is -6.35. The number of thioether (sulfide) groups is 4. The Kier molecular flexibility index (Phi) is 22.8. The van der Waals surface area contributed by atoms with Crippen molar-refractivity contribution in [1.29, 1.82) is 0 Å². The molecule has 11 atom stereocenters. The number of nitrogens with one attached hydrogen (secondary N) is 9. The molecule has 4 aromatic rings. The number of carbonyl (C=O) groups excluding carboxylic acids is 11. The SMILES string of the molecule is C=C1NC(=O)C2CSC(=N2)c2cnc(s2)-c2ccc3c(n2)C(C)NC(=O)C2CCCN2C(=O)C(=CC)NC(=O)CNC(=O)C(C(C)O)NC(=O)C(C)(NC(=O)/C(=C\C)NC(=O)C2CSC(=N2)C(CC(N)=O)NC3=O)SCC(C(=O)O)NC(=O)C2C=NC(S2)c2csc(n2)-c2csc1n2. The highest BCUT2D eigenvalue weighted by Gasteiger charge is 2.44. The number of pyridine rings is 1. The average Bonchev–Trinajstić information content (AvgIpc) is 1.76. The number of fused-ring (bicyclic) bond motifs is 8. The first-order valence-electron chi connectivity index (χ1n) is 30.1. The number of carboxylic acids is 1. The van der Waals surface area contributed by atoms with Crippen LogP contribution in [0.15, 0.2) is 74.2 Å². The monoisotopic (exact) mass is 1470 g/mol. The van der Waals surface area contributed by atoms with Gasteiger partial charge in [-0.2, -0.15) is 0 Å². The van der Waals surface area contributed by atoms with Gasteiger partial charge in [0.2, 0.25) is 41.4 Å². The molecule has 32 nitrogen and oxygen atoms in total. The number of aliphatic imine (C=N–C) groups is 3. The number of carboxylic acid groups (broad SMARTS) is 1. The second kappa shape index (κ2) is 31.0. The lowest BCUT2D eigenvalue weighted by Crippen LogP contribution is -2.62. The number of aromatic nitrogens is 4. The first kappa shape index (κ1) is 72.0. The van der Waals surface area contributed by atoms with Crippen LogP contribution in [0.3, 0.4) is 0 Å². The summed E-state index contributed by atoms with van der Waals surface area (Å²) in [6.07, 6.45) is 3.60. The van der Waals surface area contributed by atoms with Crippen molar-refractivity contribution in [3.8, 4) is 21.4 Å². The second-order valence-corrected chi connectivity index (χ2v) is 30.1. The molecule has 0 aliphatic carbocycles. The maximum atomic E-state index is 14.8. The third-order valence-electron chi connectivity index (χ3n) is 15.5. The van der Waals surface area contributed by atoms with Crippen molar-refractivity contribution < 1.29 is 67.7 Å². The molecule has 1 saturated heterocycles. The summed E-state index contributed by atoms with van der Waals surface area (Å²) in [5.41, 5.74) is 6.26. The van der Waals surface area contributed by atoms with Crippen molar-refractivity contribution in [3.63, 3.8) is 0 Å². The fraction of sp³-hybridized carbons (Fsp3) is 0.407. The van der Waals surface area contributed by atoms with Gasteiger partial charge in [-0.3, -0.25) is 67.7 Å². The summed E-state index contributed by atoms with van der Waals surface area (Å²) in [5.74, 6) is -11.8. The molecule has 98 heavy (non-hydrogen) atoms. The van der Waals surface area contributed by atoms with Crippen molar-refractivity contribution in [2.75, 3.05) is 30.3 Å². The first-order chi connectivity index (χ1) is 46.7. The van der Waals surface area contributed by atoms with E-state index in [0.29, 0.717) is 54.5 Å². The Morgan fingerprint density at radius 2 is 1.55 bits per heavy atom. The summed E-state index contributed by atoms with van der Waals surface area (Å²) in [7, 11) is 0. The van der Waals surface area contributed by atoms with Crippen LogP contribution in [0.1, 0.15) is 96.9 Å². The van der Waals surface area contributed by atoms with Crippen LogP contribution in [0.25, 0.3) is 27.1 Å². The van der Waals surface area contributed by atoms with Crippen molar-refractivity contribution in [1.82, 2.24) is 72.7 Å².